The number of nitrogens with zero attached hydrogens (tertiary/aromatic N) is 3. The number of aromatic nitrogens is 3. The van der Waals surface area contributed by atoms with Crippen LogP contribution in [0.15, 0.2) is 36.0 Å². The highest BCUT2D eigenvalue weighted by molar-refractivity contribution is 8.00. The first-order valence-corrected chi connectivity index (χ1v) is 8.48. The number of allylic oxidation sites excluding steroid dienone is 1. The minimum Gasteiger partial charge on any atom is -0.325 e. The number of carbonyl (C=O) groups is 1. The van der Waals surface area contributed by atoms with Crippen LogP contribution in [0.2, 0.25) is 10.0 Å². The fourth-order valence-electron chi connectivity index (χ4n) is 1.87. The topological polar surface area (TPSA) is 59.8 Å². The third kappa shape index (κ3) is 4.73. The molecule has 0 aliphatic heterocycles. The van der Waals surface area contributed by atoms with E-state index in [0.717, 1.165) is 5.82 Å². The number of rotatable bonds is 6. The van der Waals surface area contributed by atoms with E-state index in [1.807, 2.05) is 11.5 Å². The van der Waals surface area contributed by atoms with E-state index >= 15 is 0 Å². The lowest BCUT2D eigenvalue weighted by Crippen LogP contribution is -2.23. The van der Waals surface area contributed by atoms with Crippen LogP contribution < -0.4 is 5.32 Å². The van der Waals surface area contributed by atoms with Gasteiger partial charge in [-0.3, -0.25) is 4.79 Å². The Kier molecular flexibility index (Phi) is 6.10. The summed E-state index contributed by atoms with van der Waals surface area (Å²) in [5.74, 6) is 0.612. The van der Waals surface area contributed by atoms with E-state index in [2.05, 4.69) is 22.1 Å². The third-order valence-electron chi connectivity index (χ3n) is 2.99. The van der Waals surface area contributed by atoms with Crippen LogP contribution in [0.3, 0.4) is 0 Å². The fraction of sp³-hybridized carbons (Fsp3) is 0.267. The van der Waals surface area contributed by atoms with Gasteiger partial charge in [0.15, 0.2) is 5.16 Å². The van der Waals surface area contributed by atoms with Crippen molar-refractivity contribution < 1.29 is 4.79 Å². The normalized spacial score (nSPS) is 12.0. The molecule has 0 saturated carbocycles. The molecule has 0 aliphatic rings. The van der Waals surface area contributed by atoms with Gasteiger partial charge in [0.25, 0.3) is 0 Å². The standard InChI is InChI=1S/C15H16Cl2N4OS/c1-4-5-21-10(3)19-20-15(21)23-9(2)14(22)18-13-7-11(16)6-12(17)8-13/h4,6-9H,1,5H2,2-3H3,(H,18,22)/t9-/m0/s1. The first-order valence-electron chi connectivity index (χ1n) is 6.85. The van der Waals surface area contributed by atoms with Gasteiger partial charge in [-0.15, -0.1) is 16.8 Å². The van der Waals surface area contributed by atoms with Gasteiger partial charge in [0.05, 0.1) is 5.25 Å². The maximum Gasteiger partial charge on any atom is 0.237 e. The summed E-state index contributed by atoms with van der Waals surface area (Å²) in [6.07, 6.45) is 1.76. The first kappa shape index (κ1) is 17.8. The van der Waals surface area contributed by atoms with Crippen molar-refractivity contribution in [2.75, 3.05) is 5.32 Å². The zero-order chi connectivity index (χ0) is 17.0. The molecule has 1 heterocycles. The van der Waals surface area contributed by atoms with E-state index in [1.54, 1.807) is 31.2 Å². The Morgan fingerprint density at radius 3 is 2.65 bits per heavy atom. The number of anilines is 1. The highest BCUT2D eigenvalue weighted by atomic mass is 35.5. The van der Waals surface area contributed by atoms with Crippen molar-refractivity contribution in [3.05, 3.63) is 46.7 Å². The molecule has 0 radical (unpaired) electrons. The van der Waals surface area contributed by atoms with E-state index in [1.165, 1.54) is 11.8 Å². The molecule has 0 fully saturated rings. The Labute approximate surface area is 149 Å². The maximum atomic E-state index is 12.3. The lowest BCUT2D eigenvalue weighted by Gasteiger charge is -2.12. The molecule has 8 heteroatoms. The molecule has 0 spiro atoms. The van der Waals surface area contributed by atoms with Crippen LogP contribution in [0.5, 0.6) is 0 Å². The van der Waals surface area contributed by atoms with Gasteiger partial charge in [0.1, 0.15) is 5.82 Å². The van der Waals surface area contributed by atoms with E-state index < -0.39 is 0 Å². The van der Waals surface area contributed by atoms with Crippen molar-refractivity contribution in [1.82, 2.24) is 14.8 Å². The Morgan fingerprint density at radius 2 is 2.04 bits per heavy atom. The number of halogens is 2. The lowest BCUT2D eigenvalue weighted by molar-refractivity contribution is -0.115. The molecule has 1 aromatic heterocycles. The number of hydrogen-bond acceptors (Lipinski definition) is 4. The van der Waals surface area contributed by atoms with Gasteiger partial charge in [-0.25, -0.2) is 0 Å². The van der Waals surface area contributed by atoms with Crippen LogP contribution in [0, 0.1) is 6.92 Å². The van der Waals surface area contributed by atoms with Crippen molar-refractivity contribution in [3.63, 3.8) is 0 Å². The predicted molar refractivity (Wildman–Crippen MR) is 95.4 cm³/mol. The largest absolute Gasteiger partial charge is 0.325 e. The monoisotopic (exact) mass is 370 g/mol. The summed E-state index contributed by atoms with van der Waals surface area (Å²) in [6.45, 7) is 7.97. The number of thioether (sulfide) groups is 1. The molecule has 122 valence electrons. The molecule has 0 unspecified atom stereocenters. The lowest BCUT2D eigenvalue weighted by atomic mass is 10.3. The average Bonchev–Trinajstić information content (AvgIpc) is 2.79. The van der Waals surface area contributed by atoms with Gasteiger partial charge in [-0.2, -0.15) is 0 Å². The minimum atomic E-state index is -0.361. The molecular weight excluding hydrogens is 355 g/mol. The maximum absolute atomic E-state index is 12.3. The Balaban J connectivity index is 2.07. The van der Waals surface area contributed by atoms with Crippen molar-refractivity contribution >= 4 is 46.6 Å². The Hall–Kier alpha value is -1.50. The summed E-state index contributed by atoms with van der Waals surface area (Å²) in [4.78, 5) is 12.3. The van der Waals surface area contributed by atoms with Crippen LogP contribution in [0.4, 0.5) is 5.69 Å². The van der Waals surface area contributed by atoms with Gasteiger partial charge >= 0.3 is 0 Å². The molecular formula is C15H16Cl2N4OS. The smallest absolute Gasteiger partial charge is 0.237 e. The van der Waals surface area contributed by atoms with Gasteiger partial charge in [0, 0.05) is 22.3 Å². The van der Waals surface area contributed by atoms with Gasteiger partial charge < -0.3 is 9.88 Å². The van der Waals surface area contributed by atoms with E-state index in [4.69, 9.17) is 23.2 Å². The zero-order valence-electron chi connectivity index (χ0n) is 12.7. The molecule has 1 aromatic carbocycles. The molecule has 2 aromatic rings. The molecule has 0 saturated heterocycles. The molecule has 5 nitrogen and oxygen atoms in total. The van der Waals surface area contributed by atoms with E-state index in [-0.39, 0.29) is 11.2 Å². The second kappa shape index (κ2) is 7.86. The molecule has 1 amide bonds. The molecule has 1 N–H and O–H groups in total. The van der Waals surface area contributed by atoms with Crippen molar-refractivity contribution in [3.8, 4) is 0 Å². The summed E-state index contributed by atoms with van der Waals surface area (Å²) in [7, 11) is 0. The van der Waals surface area contributed by atoms with Crippen LogP contribution in [-0.4, -0.2) is 25.9 Å². The van der Waals surface area contributed by atoms with Crippen LogP contribution in [0.1, 0.15) is 12.7 Å². The summed E-state index contributed by atoms with van der Waals surface area (Å²) in [6, 6.07) is 4.90. The summed E-state index contributed by atoms with van der Waals surface area (Å²) in [5.41, 5.74) is 0.559. The second-order valence-corrected chi connectivity index (χ2v) is 7.02. The van der Waals surface area contributed by atoms with Gasteiger partial charge in [-0.1, -0.05) is 41.0 Å². The van der Waals surface area contributed by atoms with Gasteiger partial charge in [-0.05, 0) is 32.0 Å². The van der Waals surface area contributed by atoms with E-state index in [9.17, 15) is 4.79 Å². The highest BCUT2D eigenvalue weighted by Crippen LogP contribution is 2.26. The fourth-order valence-corrected chi connectivity index (χ4v) is 3.30. The van der Waals surface area contributed by atoms with E-state index in [0.29, 0.717) is 27.4 Å². The van der Waals surface area contributed by atoms with Crippen molar-refractivity contribution in [2.45, 2.75) is 30.8 Å². The molecule has 0 bridgehead atoms. The summed E-state index contributed by atoms with van der Waals surface area (Å²) < 4.78 is 1.90. The van der Waals surface area contributed by atoms with Gasteiger partial charge in [0.2, 0.25) is 5.91 Å². The predicted octanol–water partition coefficient (Wildman–Crippen LogP) is 4.20. The first-order chi connectivity index (χ1) is 10.9. The number of amides is 1. The Morgan fingerprint density at radius 1 is 1.39 bits per heavy atom. The number of carbonyl (C=O) groups excluding carboxylic acids is 1. The average molecular weight is 371 g/mol. The quantitative estimate of drug-likeness (QED) is 0.611. The molecule has 2 rings (SSSR count). The van der Waals surface area contributed by atoms with Crippen molar-refractivity contribution in [1.29, 1.82) is 0 Å². The zero-order valence-corrected chi connectivity index (χ0v) is 15.0. The third-order valence-corrected chi connectivity index (χ3v) is 4.51. The number of benzene rings is 1. The number of nitrogens with one attached hydrogen (secondary N) is 1. The second-order valence-electron chi connectivity index (χ2n) is 4.84. The molecule has 23 heavy (non-hydrogen) atoms. The summed E-state index contributed by atoms with van der Waals surface area (Å²) >= 11 is 13.2. The SMILES string of the molecule is C=CCn1c(C)nnc1S[C@@H](C)C(=O)Nc1cc(Cl)cc(Cl)c1. The van der Waals surface area contributed by atoms with Crippen LogP contribution >= 0.6 is 35.0 Å². The molecule has 0 aliphatic carbocycles. The number of aryl methyl sites for hydroxylation is 1. The highest BCUT2D eigenvalue weighted by Gasteiger charge is 2.19. The van der Waals surface area contributed by atoms with Crippen LogP contribution in [-0.2, 0) is 11.3 Å². The van der Waals surface area contributed by atoms with Crippen LogP contribution in [0.25, 0.3) is 0 Å². The van der Waals surface area contributed by atoms with Crippen molar-refractivity contribution in [2.24, 2.45) is 0 Å². The molecule has 1 atom stereocenters. The Bertz CT molecular complexity index is 712. The minimum absolute atomic E-state index is 0.167. The summed E-state index contributed by atoms with van der Waals surface area (Å²) in [5, 5.41) is 12.2. The number of hydrogen-bond donors (Lipinski definition) is 1.